The molecule has 1 atom stereocenters. The van der Waals surface area contributed by atoms with Crippen LogP contribution in [0.1, 0.15) is 20.3 Å². The molecule has 1 rings (SSSR count). The predicted octanol–water partition coefficient (Wildman–Crippen LogP) is 1.31. The topological polar surface area (TPSA) is 64.3 Å². The summed E-state index contributed by atoms with van der Waals surface area (Å²) in [5.41, 5.74) is 4.57. The summed E-state index contributed by atoms with van der Waals surface area (Å²) < 4.78 is 5.57. The Morgan fingerprint density at radius 1 is 1.41 bits per heavy atom. The smallest absolute Gasteiger partial charge is 0.240 e. The van der Waals surface area contributed by atoms with E-state index in [0.717, 1.165) is 18.7 Å². The van der Waals surface area contributed by atoms with Gasteiger partial charge < -0.3 is 15.8 Å². The quantitative estimate of drug-likeness (QED) is 0.750. The maximum absolute atomic E-state index is 11.4. The lowest BCUT2D eigenvalue weighted by atomic mass is 10.0. The van der Waals surface area contributed by atoms with E-state index in [4.69, 9.17) is 10.5 Å². The van der Waals surface area contributed by atoms with Gasteiger partial charge >= 0.3 is 0 Å². The molecule has 0 bridgehead atoms. The molecule has 1 unspecified atom stereocenters. The molecule has 0 aliphatic carbocycles. The van der Waals surface area contributed by atoms with E-state index in [2.05, 4.69) is 5.32 Å². The highest BCUT2D eigenvalue weighted by atomic mass is 16.5. The standard InChI is InChI=1S/C13H20N2O2/c1-3-9-15-13(2,12(14)16)10-17-11-7-5-4-6-8-11/h4-8,15H,3,9-10H2,1-2H3,(H2,14,16). The Kier molecular flexibility index (Phi) is 4.97. The van der Waals surface area contributed by atoms with E-state index in [1.807, 2.05) is 37.3 Å². The van der Waals surface area contributed by atoms with Crippen LogP contribution >= 0.6 is 0 Å². The molecule has 17 heavy (non-hydrogen) atoms. The number of hydrogen-bond acceptors (Lipinski definition) is 3. The first-order chi connectivity index (χ1) is 8.08. The molecule has 0 aliphatic rings. The second-order valence-corrected chi connectivity index (χ2v) is 4.22. The molecule has 0 spiro atoms. The molecule has 1 amide bonds. The van der Waals surface area contributed by atoms with Gasteiger partial charge in [-0.1, -0.05) is 25.1 Å². The molecular formula is C13H20N2O2. The minimum atomic E-state index is -0.828. The normalized spacial score (nSPS) is 14.0. The van der Waals surface area contributed by atoms with Gasteiger partial charge in [0.2, 0.25) is 5.91 Å². The average molecular weight is 236 g/mol. The fraction of sp³-hybridized carbons (Fsp3) is 0.462. The molecule has 4 nitrogen and oxygen atoms in total. The van der Waals surface area contributed by atoms with E-state index in [-0.39, 0.29) is 6.61 Å². The van der Waals surface area contributed by atoms with Gasteiger partial charge in [-0.05, 0) is 32.0 Å². The lowest BCUT2D eigenvalue weighted by Gasteiger charge is -2.27. The van der Waals surface area contributed by atoms with Gasteiger partial charge in [-0.2, -0.15) is 0 Å². The Morgan fingerprint density at radius 2 is 2.06 bits per heavy atom. The van der Waals surface area contributed by atoms with E-state index in [1.165, 1.54) is 0 Å². The van der Waals surface area contributed by atoms with Crippen molar-refractivity contribution in [2.24, 2.45) is 5.73 Å². The van der Waals surface area contributed by atoms with E-state index in [1.54, 1.807) is 6.92 Å². The molecule has 94 valence electrons. The van der Waals surface area contributed by atoms with Crippen molar-refractivity contribution in [2.75, 3.05) is 13.2 Å². The number of para-hydroxylation sites is 1. The lowest BCUT2D eigenvalue weighted by molar-refractivity contribution is -0.125. The summed E-state index contributed by atoms with van der Waals surface area (Å²) in [5.74, 6) is 0.333. The summed E-state index contributed by atoms with van der Waals surface area (Å²) in [4.78, 5) is 11.4. The van der Waals surface area contributed by atoms with Gasteiger partial charge in [0, 0.05) is 0 Å². The van der Waals surface area contributed by atoms with E-state index >= 15 is 0 Å². The monoisotopic (exact) mass is 236 g/mol. The van der Waals surface area contributed by atoms with Crippen molar-refractivity contribution in [3.05, 3.63) is 30.3 Å². The number of nitrogens with two attached hydrogens (primary N) is 1. The first kappa shape index (κ1) is 13.5. The Morgan fingerprint density at radius 3 is 2.59 bits per heavy atom. The zero-order valence-electron chi connectivity index (χ0n) is 10.4. The molecule has 0 radical (unpaired) electrons. The summed E-state index contributed by atoms with van der Waals surface area (Å²) in [6.45, 7) is 4.75. The fourth-order valence-electron chi connectivity index (χ4n) is 1.35. The molecule has 1 aromatic rings. The van der Waals surface area contributed by atoms with Crippen LogP contribution in [0.3, 0.4) is 0 Å². The summed E-state index contributed by atoms with van der Waals surface area (Å²) >= 11 is 0. The van der Waals surface area contributed by atoms with Gasteiger partial charge in [0.1, 0.15) is 17.9 Å². The van der Waals surface area contributed by atoms with Gasteiger partial charge in [-0.3, -0.25) is 4.79 Å². The Labute approximate surface area is 102 Å². The summed E-state index contributed by atoms with van der Waals surface area (Å²) in [5, 5.41) is 3.12. The predicted molar refractivity (Wildman–Crippen MR) is 67.8 cm³/mol. The molecule has 0 heterocycles. The molecule has 1 aromatic carbocycles. The number of primary amides is 1. The van der Waals surface area contributed by atoms with E-state index in [0.29, 0.717) is 0 Å². The third-order valence-electron chi connectivity index (χ3n) is 2.58. The number of amides is 1. The summed E-state index contributed by atoms with van der Waals surface area (Å²) in [7, 11) is 0. The van der Waals surface area contributed by atoms with E-state index < -0.39 is 11.4 Å². The van der Waals surface area contributed by atoms with Crippen LogP contribution < -0.4 is 15.8 Å². The minimum absolute atomic E-state index is 0.229. The maximum atomic E-state index is 11.4. The highest BCUT2D eigenvalue weighted by Crippen LogP contribution is 2.12. The van der Waals surface area contributed by atoms with Crippen LogP contribution in [0.4, 0.5) is 0 Å². The van der Waals surface area contributed by atoms with Crippen LogP contribution in [0, 0.1) is 0 Å². The van der Waals surface area contributed by atoms with Crippen molar-refractivity contribution in [3.8, 4) is 5.75 Å². The molecular weight excluding hydrogens is 216 g/mol. The van der Waals surface area contributed by atoms with Crippen LogP contribution in [0.15, 0.2) is 30.3 Å². The van der Waals surface area contributed by atoms with Gasteiger partial charge in [-0.25, -0.2) is 0 Å². The lowest BCUT2D eigenvalue weighted by Crippen LogP contribution is -2.57. The van der Waals surface area contributed by atoms with Crippen molar-refractivity contribution in [1.29, 1.82) is 0 Å². The molecule has 3 N–H and O–H groups in total. The van der Waals surface area contributed by atoms with E-state index in [9.17, 15) is 4.79 Å². The molecule has 0 saturated carbocycles. The maximum Gasteiger partial charge on any atom is 0.240 e. The molecule has 4 heteroatoms. The van der Waals surface area contributed by atoms with Crippen molar-refractivity contribution < 1.29 is 9.53 Å². The highest BCUT2D eigenvalue weighted by molar-refractivity contribution is 5.84. The number of carbonyl (C=O) groups is 1. The SMILES string of the molecule is CCCNC(C)(COc1ccccc1)C(N)=O. The third kappa shape index (κ3) is 4.07. The van der Waals surface area contributed by atoms with Gasteiger partial charge in [0.05, 0.1) is 0 Å². The second kappa shape index (κ2) is 6.25. The van der Waals surface area contributed by atoms with Crippen LogP contribution in [0.5, 0.6) is 5.75 Å². The van der Waals surface area contributed by atoms with Crippen molar-refractivity contribution in [1.82, 2.24) is 5.32 Å². The number of rotatable bonds is 7. The summed E-state index contributed by atoms with van der Waals surface area (Å²) in [6, 6.07) is 9.38. The minimum Gasteiger partial charge on any atom is -0.491 e. The number of nitrogens with one attached hydrogen (secondary N) is 1. The van der Waals surface area contributed by atoms with Crippen LogP contribution in [-0.4, -0.2) is 24.6 Å². The molecule has 0 saturated heterocycles. The van der Waals surface area contributed by atoms with Crippen LogP contribution in [-0.2, 0) is 4.79 Å². The Hall–Kier alpha value is -1.55. The second-order valence-electron chi connectivity index (χ2n) is 4.22. The zero-order valence-corrected chi connectivity index (χ0v) is 10.4. The van der Waals surface area contributed by atoms with Crippen molar-refractivity contribution in [2.45, 2.75) is 25.8 Å². The van der Waals surface area contributed by atoms with Crippen LogP contribution in [0.2, 0.25) is 0 Å². The average Bonchev–Trinajstić information content (AvgIpc) is 2.35. The fourth-order valence-corrected chi connectivity index (χ4v) is 1.35. The largest absolute Gasteiger partial charge is 0.491 e. The third-order valence-corrected chi connectivity index (χ3v) is 2.58. The Balaban J connectivity index is 2.58. The zero-order chi connectivity index (χ0) is 12.7. The number of benzene rings is 1. The number of carbonyl (C=O) groups excluding carboxylic acids is 1. The van der Waals surface area contributed by atoms with Crippen LogP contribution in [0.25, 0.3) is 0 Å². The molecule has 0 aromatic heterocycles. The van der Waals surface area contributed by atoms with Gasteiger partial charge in [0.15, 0.2) is 0 Å². The first-order valence-corrected chi connectivity index (χ1v) is 5.81. The first-order valence-electron chi connectivity index (χ1n) is 5.81. The number of hydrogen-bond donors (Lipinski definition) is 2. The summed E-state index contributed by atoms with van der Waals surface area (Å²) in [6.07, 6.45) is 0.939. The number of ether oxygens (including phenoxy) is 1. The molecule has 0 fully saturated rings. The van der Waals surface area contributed by atoms with Gasteiger partial charge in [0.25, 0.3) is 0 Å². The van der Waals surface area contributed by atoms with Crippen molar-refractivity contribution >= 4 is 5.91 Å². The van der Waals surface area contributed by atoms with Crippen molar-refractivity contribution in [3.63, 3.8) is 0 Å². The van der Waals surface area contributed by atoms with Gasteiger partial charge in [-0.15, -0.1) is 0 Å². The molecule has 0 aliphatic heterocycles. The highest BCUT2D eigenvalue weighted by Gasteiger charge is 2.31. The Bertz CT molecular complexity index is 354.